The Morgan fingerprint density at radius 3 is 2.57 bits per heavy atom. The highest BCUT2D eigenvalue weighted by molar-refractivity contribution is 7.99. The Kier molecular flexibility index (Phi) is 5.62. The van der Waals surface area contributed by atoms with E-state index in [1.807, 2.05) is 6.07 Å². The molecule has 21 heavy (non-hydrogen) atoms. The fourth-order valence-corrected chi connectivity index (χ4v) is 3.03. The first-order chi connectivity index (χ1) is 9.95. The van der Waals surface area contributed by atoms with Crippen molar-refractivity contribution >= 4 is 23.4 Å². The van der Waals surface area contributed by atoms with Crippen molar-refractivity contribution in [2.24, 2.45) is 0 Å². The van der Waals surface area contributed by atoms with E-state index in [9.17, 15) is 8.78 Å². The highest BCUT2D eigenvalue weighted by atomic mass is 35.5. The molecule has 112 valence electrons. The molecule has 2 rings (SSSR count). The molecule has 2 aromatic carbocycles. The maximum absolute atomic E-state index is 13.8. The predicted octanol–water partition coefficient (Wildman–Crippen LogP) is 5.27. The van der Waals surface area contributed by atoms with Gasteiger partial charge in [-0.05, 0) is 35.9 Å². The van der Waals surface area contributed by atoms with Gasteiger partial charge in [0.2, 0.25) is 0 Å². The lowest BCUT2D eigenvalue weighted by Gasteiger charge is -2.13. The normalized spacial score (nSPS) is 11.1. The lowest BCUT2D eigenvalue weighted by Crippen LogP contribution is -2.22. The molecule has 2 aromatic rings. The second kappa shape index (κ2) is 7.25. The fourth-order valence-electron chi connectivity index (χ4n) is 1.76. The van der Waals surface area contributed by atoms with Crippen molar-refractivity contribution in [3.63, 3.8) is 0 Å². The number of rotatable bonds is 5. The van der Waals surface area contributed by atoms with E-state index in [1.54, 1.807) is 12.1 Å². The van der Waals surface area contributed by atoms with Crippen LogP contribution in [-0.4, -0.2) is 6.04 Å². The van der Waals surface area contributed by atoms with E-state index >= 15 is 0 Å². The average Bonchev–Trinajstić information content (AvgIpc) is 2.42. The molecular formula is C16H16ClF2NS. The van der Waals surface area contributed by atoms with Crippen LogP contribution in [0.1, 0.15) is 19.4 Å². The van der Waals surface area contributed by atoms with Gasteiger partial charge in [-0.1, -0.05) is 43.3 Å². The van der Waals surface area contributed by atoms with E-state index in [-0.39, 0.29) is 4.90 Å². The SMILES string of the molecule is CC(C)NCc1ccc(Cl)cc1Sc1cc(F)ccc1F. The summed E-state index contributed by atoms with van der Waals surface area (Å²) in [5.41, 5.74) is 1.00. The van der Waals surface area contributed by atoms with E-state index in [0.717, 1.165) is 22.6 Å². The molecule has 0 unspecified atom stereocenters. The van der Waals surface area contributed by atoms with Gasteiger partial charge in [-0.25, -0.2) is 8.78 Å². The number of hydrogen-bond acceptors (Lipinski definition) is 2. The van der Waals surface area contributed by atoms with Gasteiger partial charge in [0.15, 0.2) is 0 Å². The number of hydrogen-bond donors (Lipinski definition) is 1. The Labute approximate surface area is 132 Å². The highest BCUT2D eigenvalue weighted by Crippen LogP contribution is 2.34. The van der Waals surface area contributed by atoms with Crippen LogP contribution in [0.5, 0.6) is 0 Å². The Morgan fingerprint density at radius 2 is 1.86 bits per heavy atom. The molecule has 1 N–H and O–H groups in total. The zero-order chi connectivity index (χ0) is 15.4. The minimum Gasteiger partial charge on any atom is -0.310 e. The summed E-state index contributed by atoms with van der Waals surface area (Å²) in [7, 11) is 0. The lowest BCUT2D eigenvalue weighted by atomic mass is 10.2. The van der Waals surface area contributed by atoms with Crippen LogP contribution in [0.15, 0.2) is 46.2 Å². The van der Waals surface area contributed by atoms with Gasteiger partial charge in [0.1, 0.15) is 11.6 Å². The van der Waals surface area contributed by atoms with Crippen LogP contribution in [0.4, 0.5) is 8.78 Å². The third-order valence-corrected chi connectivity index (χ3v) is 4.21. The van der Waals surface area contributed by atoms with Crippen molar-refractivity contribution in [1.82, 2.24) is 5.32 Å². The Balaban J connectivity index is 2.29. The fraction of sp³-hybridized carbons (Fsp3) is 0.250. The van der Waals surface area contributed by atoms with Crippen LogP contribution < -0.4 is 5.32 Å². The lowest BCUT2D eigenvalue weighted by molar-refractivity contribution is 0.576. The molecule has 0 heterocycles. The summed E-state index contributed by atoms with van der Waals surface area (Å²) < 4.78 is 27.0. The number of benzene rings is 2. The first kappa shape index (κ1) is 16.3. The standard InChI is InChI=1S/C16H16ClF2NS/c1-10(2)20-9-11-3-4-12(17)7-15(11)21-16-8-13(18)5-6-14(16)19/h3-8,10,20H,9H2,1-2H3. The van der Waals surface area contributed by atoms with E-state index < -0.39 is 11.6 Å². The first-order valence-electron chi connectivity index (χ1n) is 6.60. The summed E-state index contributed by atoms with van der Waals surface area (Å²) >= 11 is 7.20. The van der Waals surface area contributed by atoms with E-state index in [4.69, 9.17) is 11.6 Å². The van der Waals surface area contributed by atoms with Gasteiger partial charge in [-0.15, -0.1) is 0 Å². The van der Waals surface area contributed by atoms with Crippen molar-refractivity contribution in [2.75, 3.05) is 0 Å². The molecule has 0 fully saturated rings. The van der Waals surface area contributed by atoms with Gasteiger partial charge in [0, 0.05) is 22.5 Å². The van der Waals surface area contributed by atoms with Crippen molar-refractivity contribution in [3.05, 3.63) is 58.6 Å². The van der Waals surface area contributed by atoms with Gasteiger partial charge in [-0.2, -0.15) is 0 Å². The summed E-state index contributed by atoms with van der Waals surface area (Å²) in [6, 6.07) is 9.24. The Bertz CT molecular complexity index is 632. The molecule has 0 aliphatic rings. The molecule has 0 spiro atoms. The quantitative estimate of drug-likeness (QED) is 0.803. The van der Waals surface area contributed by atoms with Crippen LogP contribution in [0.25, 0.3) is 0 Å². The summed E-state index contributed by atoms with van der Waals surface area (Å²) in [6.07, 6.45) is 0. The number of nitrogens with one attached hydrogen (secondary N) is 1. The van der Waals surface area contributed by atoms with Gasteiger partial charge in [0.05, 0.1) is 4.90 Å². The minimum absolute atomic E-state index is 0.253. The molecule has 0 radical (unpaired) electrons. The second-order valence-corrected chi connectivity index (χ2v) is 6.48. The van der Waals surface area contributed by atoms with Crippen LogP contribution in [0, 0.1) is 11.6 Å². The van der Waals surface area contributed by atoms with Crippen molar-refractivity contribution < 1.29 is 8.78 Å². The van der Waals surface area contributed by atoms with E-state index in [0.29, 0.717) is 17.6 Å². The summed E-state index contributed by atoms with van der Waals surface area (Å²) in [5.74, 6) is -0.896. The largest absolute Gasteiger partial charge is 0.310 e. The predicted molar refractivity (Wildman–Crippen MR) is 83.9 cm³/mol. The smallest absolute Gasteiger partial charge is 0.137 e. The Morgan fingerprint density at radius 1 is 1.10 bits per heavy atom. The molecule has 0 saturated heterocycles. The molecule has 5 heteroatoms. The van der Waals surface area contributed by atoms with Crippen molar-refractivity contribution in [2.45, 2.75) is 36.2 Å². The minimum atomic E-state index is -0.456. The molecule has 0 bridgehead atoms. The molecule has 1 nitrogen and oxygen atoms in total. The average molecular weight is 328 g/mol. The van der Waals surface area contributed by atoms with Crippen molar-refractivity contribution in [3.8, 4) is 0 Å². The first-order valence-corrected chi connectivity index (χ1v) is 7.80. The molecule has 0 aromatic heterocycles. The maximum Gasteiger partial charge on any atom is 0.137 e. The van der Waals surface area contributed by atoms with Crippen LogP contribution in [-0.2, 0) is 6.54 Å². The van der Waals surface area contributed by atoms with E-state index in [1.165, 1.54) is 17.8 Å². The van der Waals surface area contributed by atoms with Crippen LogP contribution in [0.3, 0.4) is 0 Å². The Hall–Kier alpha value is -1.10. The van der Waals surface area contributed by atoms with Crippen LogP contribution in [0.2, 0.25) is 5.02 Å². The molecule has 0 aliphatic heterocycles. The van der Waals surface area contributed by atoms with Gasteiger partial charge in [-0.3, -0.25) is 0 Å². The zero-order valence-electron chi connectivity index (χ0n) is 11.8. The number of halogens is 3. The third kappa shape index (κ3) is 4.70. The summed E-state index contributed by atoms with van der Waals surface area (Å²) in [5, 5.41) is 3.88. The molecule has 0 atom stereocenters. The molecular weight excluding hydrogens is 312 g/mol. The van der Waals surface area contributed by atoms with Crippen LogP contribution >= 0.6 is 23.4 Å². The maximum atomic E-state index is 13.8. The van der Waals surface area contributed by atoms with Gasteiger partial charge < -0.3 is 5.32 Å². The molecule has 0 amide bonds. The molecule has 0 aliphatic carbocycles. The zero-order valence-corrected chi connectivity index (χ0v) is 13.4. The summed E-state index contributed by atoms with van der Waals surface area (Å²) in [6.45, 7) is 4.75. The van der Waals surface area contributed by atoms with Gasteiger partial charge >= 0.3 is 0 Å². The second-order valence-electron chi connectivity index (χ2n) is 4.96. The monoisotopic (exact) mass is 327 g/mol. The molecule has 0 saturated carbocycles. The van der Waals surface area contributed by atoms with E-state index in [2.05, 4.69) is 19.2 Å². The highest BCUT2D eigenvalue weighted by Gasteiger charge is 2.10. The van der Waals surface area contributed by atoms with Crippen molar-refractivity contribution in [1.29, 1.82) is 0 Å². The topological polar surface area (TPSA) is 12.0 Å². The third-order valence-electron chi connectivity index (χ3n) is 2.84. The van der Waals surface area contributed by atoms with Gasteiger partial charge in [0.25, 0.3) is 0 Å². The summed E-state index contributed by atoms with van der Waals surface area (Å²) in [4.78, 5) is 1.07.